The molecule has 2 aromatic heterocycles. The first kappa shape index (κ1) is 18.0. The zero-order valence-electron chi connectivity index (χ0n) is 16.1. The van der Waals surface area contributed by atoms with E-state index in [1.165, 1.54) is 0 Å². The molecule has 0 unspecified atom stereocenters. The molecule has 1 aliphatic heterocycles. The minimum Gasteiger partial charge on any atom is -0.400 e. The first-order chi connectivity index (χ1) is 14.7. The Morgan fingerprint density at radius 3 is 2.63 bits per heavy atom. The molecule has 4 aromatic rings. The number of fused-ring (bicyclic) bond motifs is 1. The van der Waals surface area contributed by atoms with Gasteiger partial charge in [0.1, 0.15) is 0 Å². The van der Waals surface area contributed by atoms with Gasteiger partial charge in [-0.15, -0.1) is 5.10 Å². The highest BCUT2D eigenvalue weighted by atomic mass is 16.5. The quantitative estimate of drug-likeness (QED) is 0.560. The summed E-state index contributed by atoms with van der Waals surface area (Å²) in [5.74, 6) is 0.444. The van der Waals surface area contributed by atoms with Crippen LogP contribution in [0, 0.1) is 6.92 Å². The molecule has 3 heterocycles. The number of nitrogens with zero attached hydrogens (tertiary/aromatic N) is 4. The lowest BCUT2D eigenvalue weighted by molar-refractivity contribution is -0.119. The summed E-state index contributed by atoms with van der Waals surface area (Å²) < 4.78 is 10.7. The van der Waals surface area contributed by atoms with Crippen LogP contribution in [0.25, 0.3) is 11.7 Å². The number of rotatable bonds is 4. The molecule has 0 saturated heterocycles. The molecule has 1 atom stereocenters. The maximum Gasteiger partial charge on any atom is 0.317 e. The summed E-state index contributed by atoms with van der Waals surface area (Å²) in [5.41, 5.74) is 4.23. The second kappa shape index (κ2) is 7.40. The van der Waals surface area contributed by atoms with Gasteiger partial charge in [0.25, 0.3) is 5.89 Å². The van der Waals surface area contributed by atoms with Gasteiger partial charge in [0.2, 0.25) is 5.76 Å². The van der Waals surface area contributed by atoms with Crippen molar-refractivity contribution in [3.05, 3.63) is 83.0 Å². The molecule has 0 spiro atoms. The number of aryl methyl sites for hydroxylation is 1. The molecule has 0 aliphatic carbocycles. The first-order valence-corrected chi connectivity index (χ1v) is 9.45. The van der Waals surface area contributed by atoms with Crippen LogP contribution in [-0.2, 0) is 11.2 Å². The van der Waals surface area contributed by atoms with E-state index in [0.717, 1.165) is 22.4 Å². The Morgan fingerprint density at radius 2 is 1.83 bits per heavy atom. The predicted molar refractivity (Wildman–Crippen MR) is 109 cm³/mol. The van der Waals surface area contributed by atoms with Gasteiger partial charge in [-0.25, -0.2) is 0 Å². The molecule has 0 fully saturated rings. The number of Topliss-reactive ketones (excluding diaryl/α,β-unsaturated/α-hetero) is 1. The number of aliphatic imine (C=N–C) groups is 1. The fourth-order valence-electron chi connectivity index (χ4n) is 3.36. The summed E-state index contributed by atoms with van der Waals surface area (Å²) in [7, 11) is 0. The van der Waals surface area contributed by atoms with Gasteiger partial charge in [-0.3, -0.25) is 9.79 Å². The largest absolute Gasteiger partial charge is 0.400 e. The Bertz CT molecular complexity index is 1240. The third-order valence-corrected chi connectivity index (χ3v) is 4.77. The van der Waals surface area contributed by atoms with Crippen molar-refractivity contribution in [2.24, 2.45) is 4.99 Å². The highest BCUT2D eigenvalue weighted by Gasteiger charge is 2.27. The molecule has 0 saturated carbocycles. The summed E-state index contributed by atoms with van der Waals surface area (Å²) in [4.78, 5) is 17.7. The standard InChI is InChI=1S/C22H17N5O3/c1-13-11-18(30-27-13)21-25-26-22(29-21)24-20-17(28)12-15-9-5-6-10-16(15)19(23-20)14-7-3-2-4-8-14/h2-11,20H,12H2,1H3,(H,24,26)/t20-/m1/s1. The fraction of sp³-hybridized carbons (Fsp3) is 0.136. The number of carbonyl (C=O) groups is 1. The van der Waals surface area contributed by atoms with Crippen LogP contribution in [0.3, 0.4) is 0 Å². The van der Waals surface area contributed by atoms with Crippen LogP contribution in [-0.4, -0.2) is 33.0 Å². The monoisotopic (exact) mass is 399 g/mol. The Labute approximate surface area is 171 Å². The molecule has 1 aliphatic rings. The van der Waals surface area contributed by atoms with Crippen molar-refractivity contribution in [2.75, 3.05) is 5.32 Å². The molecule has 0 radical (unpaired) electrons. The zero-order valence-corrected chi connectivity index (χ0v) is 16.1. The normalized spacial score (nSPS) is 16.0. The molecule has 148 valence electrons. The second-order valence-corrected chi connectivity index (χ2v) is 6.94. The molecule has 8 heteroatoms. The Balaban J connectivity index is 1.51. The van der Waals surface area contributed by atoms with Crippen LogP contribution in [0.2, 0.25) is 0 Å². The van der Waals surface area contributed by atoms with Crippen molar-refractivity contribution in [1.82, 2.24) is 15.4 Å². The highest BCUT2D eigenvalue weighted by Crippen LogP contribution is 2.24. The number of nitrogens with one attached hydrogen (secondary N) is 1. The van der Waals surface area contributed by atoms with Crippen molar-refractivity contribution >= 4 is 17.5 Å². The van der Waals surface area contributed by atoms with E-state index in [0.29, 0.717) is 11.5 Å². The van der Waals surface area contributed by atoms with Gasteiger partial charge in [0.05, 0.1) is 11.4 Å². The smallest absolute Gasteiger partial charge is 0.317 e. The molecule has 2 aromatic carbocycles. The van der Waals surface area contributed by atoms with E-state index < -0.39 is 6.17 Å². The number of benzene rings is 2. The average molecular weight is 399 g/mol. The van der Waals surface area contributed by atoms with Gasteiger partial charge < -0.3 is 14.3 Å². The van der Waals surface area contributed by atoms with Crippen molar-refractivity contribution in [3.8, 4) is 11.7 Å². The van der Waals surface area contributed by atoms with E-state index in [2.05, 4.69) is 20.7 Å². The zero-order chi connectivity index (χ0) is 20.5. The molecular weight excluding hydrogens is 382 g/mol. The van der Waals surface area contributed by atoms with Gasteiger partial charge in [0.15, 0.2) is 11.9 Å². The topological polar surface area (TPSA) is 106 Å². The number of aromatic nitrogens is 3. The lowest BCUT2D eigenvalue weighted by Crippen LogP contribution is -2.29. The van der Waals surface area contributed by atoms with Crippen molar-refractivity contribution in [3.63, 3.8) is 0 Å². The third kappa shape index (κ3) is 3.39. The molecule has 5 rings (SSSR count). The van der Waals surface area contributed by atoms with E-state index in [-0.39, 0.29) is 24.1 Å². The lowest BCUT2D eigenvalue weighted by Gasteiger charge is -2.11. The summed E-state index contributed by atoms with van der Waals surface area (Å²) in [6.45, 7) is 1.80. The molecule has 1 N–H and O–H groups in total. The van der Waals surface area contributed by atoms with Gasteiger partial charge in [-0.2, -0.15) is 0 Å². The molecule has 8 nitrogen and oxygen atoms in total. The highest BCUT2D eigenvalue weighted by molar-refractivity contribution is 6.16. The van der Waals surface area contributed by atoms with E-state index in [1.54, 1.807) is 13.0 Å². The Kier molecular flexibility index (Phi) is 4.44. The molecule has 30 heavy (non-hydrogen) atoms. The minimum absolute atomic E-state index is 0.0829. The first-order valence-electron chi connectivity index (χ1n) is 9.45. The third-order valence-electron chi connectivity index (χ3n) is 4.77. The summed E-state index contributed by atoms with van der Waals surface area (Å²) in [6, 6.07) is 19.3. The van der Waals surface area contributed by atoms with Crippen molar-refractivity contribution < 1.29 is 13.7 Å². The van der Waals surface area contributed by atoms with Crippen molar-refractivity contribution in [1.29, 1.82) is 0 Å². The number of hydrogen-bond acceptors (Lipinski definition) is 8. The predicted octanol–water partition coefficient (Wildman–Crippen LogP) is 3.43. The SMILES string of the molecule is Cc1cc(-c2nnc(N[C@H]3N=C(c4ccccc4)c4ccccc4CC3=O)o2)on1. The number of anilines is 1. The van der Waals surface area contributed by atoms with Crippen LogP contribution in [0.15, 0.2) is 74.6 Å². The van der Waals surface area contributed by atoms with Gasteiger partial charge in [0, 0.05) is 23.6 Å². The molecule has 0 amide bonds. The average Bonchev–Trinajstić information content (AvgIpc) is 3.38. The fourth-order valence-corrected chi connectivity index (χ4v) is 3.36. The summed E-state index contributed by atoms with van der Waals surface area (Å²) >= 11 is 0. The maximum absolute atomic E-state index is 13.0. The lowest BCUT2D eigenvalue weighted by atomic mass is 9.96. The number of ketones is 1. The van der Waals surface area contributed by atoms with Crippen LogP contribution in [0.4, 0.5) is 6.01 Å². The van der Waals surface area contributed by atoms with Crippen LogP contribution < -0.4 is 5.32 Å². The Morgan fingerprint density at radius 1 is 1.03 bits per heavy atom. The van der Waals surface area contributed by atoms with E-state index in [1.807, 2.05) is 54.6 Å². The maximum atomic E-state index is 13.0. The van der Waals surface area contributed by atoms with Crippen LogP contribution in [0.5, 0.6) is 0 Å². The van der Waals surface area contributed by atoms with Crippen LogP contribution in [0.1, 0.15) is 22.4 Å². The summed E-state index contributed by atoms with van der Waals surface area (Å²) in [5, 5.41) is 14.7. The second-order valence-electron chi connectivity index (χ2n) is 6.94. The minimum atomic E-state index is -0.864. The number of carbonyl (C=O) groups excluding carboxylic acids is 1. The van der Waals surface area contributed by atoms with E-state index in [4.69, 9.17) is 13.9 Å². The van der Waals surface area contributed by atoms with Crippen LogP contribution >= 0.6 is 0 Å². The van der Waals surface area contributed by atoms with Gasteiger partial charge in [-0.1, -0.05) is 64.9 Å². The van der Waals surface area contributed by atoms with E-state index >= 15 is 0 Å². The van der Waals surface area contributed by atoms with Crippen molar-refractivity contribution in [2.45, 2.75) is 19.5 Å². The summed E-state index contributed by atoms with van der Waals surface area (Å²) in [6.07, 6.45) is -0.618. The molecular formula is C22H17N5O3. The molecule has 0 bridgehead atoms. The van der Waals surface area contributed by atoms with Gasteiger partial charge in [-0.05, 0) is 12.5 Å². The number of hydrogen-bond donors (Lipinski definition) is 1. The van der Waals surface area contributed by atoms with Gasteiger partial charge >= 0.3 is 6.01 Å². The van der Waals surface area contributed by atoms with E-state index in [9.17, 15) is 4.79 Å². The Hall–Kier alpha value is -4.07.